The van der Waals surface area contributed by atoms with E-state index in [2.05, 4.69) is 50.0 Å². The van der Waals surface area contributed by atoms with Crippen molar-refractivity contribution < 1.29 is 0 Å². The Kier molecular flexibility index (Phi) is 7.28. The zero-order chi connectivity index (χ0) is 20.9. The fraction of sp³-hybridized carbons (Fsp3) is 0.733. The summed E-state index contributed by atoms with van der Waals surface area (Å²) in [5, 5.41) is 0. The fourth-order valence-electron chi connectivity index (χ4n) is 7.02. The smallest absolute Gasteiger partial charge is 0.0319 e. The van der Waals surface area contributed by atoms with E-state index < -0.39 is 0 Å². The minimum atomic E-state index is 0.334. The molecule has 4 aliphatic carbocycles. The van der Waals surface area contributed by atoms with Gasteiger partial charge in [-0.2, -0.15) is 0 Å². The normalized spacial score (nSPS) is 33.1. The fourth-order valence-corrected chi connectivity index (χ4v) is 7.02. The highest BCUT2D eigenvalue weighted by atomic mass is 14.6. The second-order valence-corrected chi connectivity index (χ2v) is 11.1. The van der Waals surface area contributed by atoms with E-state index in [0.717, 1.165) is 11.8 Å². The van der Waals surface area contributed by atoms with E-state index in [0.29, 0.717) is 10.8 Å². The van der Waals surface area contributed by atoms with Gasteiger partial charge in [-0.3, -0.25) is 0 Å². The molecular weight excluding hydrogens is 360 g/mol. The van der Waals surface area contributed by atoms with Gasteiger partial charge in [-0.1, -0.05) is 76.3 Å². The molecule has 0 aromatic heterocycles. The quantitative estimate of drug-likeness (QED) is 0.315. The molecule has 0 aliphatic heterocycles. The van der Waals surface area contributed by atoms with E-state index in [4.69, 9.17) is 0 Å². The van der Waals surface area contributed by atoms with Crippen molar-refractivity contribution in [2.45, 2.75) is 117 Å². The monoisotopic (exact) mass is 404 g/mol. The van der Waals surface area contributed by atoms with Crippen LogP contribution in [0.2, 0.25) is 0 Å². The van der Waals surface area contributed by atoms with Gasteiger partial charge in [0.2, 0.25) is 0 Å². The van der Waals surface area contributed by atoms with Gasteiger partial charge < -0.3 is 0 Å². The molecule has 0 heterocycles. The molecule has 0 saturated heterocycles. The molecule has 5 rings (SSSR count). The number of hydrogen-bond donors (Lipinski definition) is 0. The molecule has 0 unspecified atom stereocenters. The number of benzene rings is 1. The van der Waals surface area contributed by atoms with Crippen molar-refractivity contribution in [3.8, 4) is 11.8 Å². The van der Waals surface area contributed by atoms with Gasteiger partial charge in [0.25, 0.3) is 0 Å². The Morgan fingerprint density at radius 2 is 1.47 bits per heavy atom. The minimum absolute atomic E-state index is 0.334. The number of rotatable bonds is 7. The molecule has 4 saturated carbocycles. The van der Waals surface area contributed by atoms with Crippen molar-refractivity contribution in [1.82, 2.24) is 0 Å². The zero-order valence-electron chi connectivity index (χ0n) is 19.8. The van der Waals surface area contributed by atoms with Crippen LogP contribution in [0.4, 0.5) is 0 Å². The molecule has 4 aliphatic rings. The number of unbranched alkanes of at least 4 members (excludes halogenated alkanes) is 2. The van der Waals surface area contributed by atoms with Crippen molar-refractivity contribution in [2.24, 2.45) is 22.7 Å². The van der Waals surface area contributed by atoms with Crippen LogP contribution in [0.3, 0.4) is 0 Å². The van der Waals surface area contributed by atoms with Gasteiger partial charge in [0.1, 0.15) is 0 Å². The predicted molar refractivity (Wildman–Crippen MR) is 129 cm³/mol. The summed E-state index contributed by atoms with van der Waals surface area (Å²) >= 11 is 0. The summed E-state index contributed by atoms with van der Waals surface area (Å²) in [6, 6.07) is 9.13. The minimum Gasteiger partial charge on any atom is -0.0911 e. The van der Waals surface area contributed by atoms with Crippen molar-refractivity contribution in [3.05, 3.63) is 35.4 Å². The summed E-state index contributed by atoms with van der Waals surface area (Å²) in [6.07, 6.45) is 22.6. The average molecular weight is 405 g/mol. The Morgan fingerprint density at radius 1 is 0.800 bits per heavy atom. The van der Waals surface area contributed by atoms with E-state index in [1.807, 2.05) is 0 Å². The first-order chi connectivity index (χ1) is 14.7. The zero-order valence-corrected chi connectivity index (χ0v) is 19.8. The van der Waals surface area contributed by atoms with Gasteiger partial charge in [-0.25, -0.2) is 0 Å². The maximum Gasteiger partial charge on any atom is 0.0319 e. The lowest BCUT2D eigenvalue weighted by molar-refractivity contribution is -0.0378. The lowest BCUT2D eigenvalue weighted by atomic mass is 9.48. The van der Waals surface area contributed by atoms with E-state index >= 15 is 0 Å². The summed E-state index contributed by atoms with van der Waals surface area (Å²) in [4.78, 5) is 0. The first kappa shape index (κ1) is 22.0. The Balaban J connectivity index is 1.32. The van der Waals surface area contributed by atoms with E-state index in [1.165, 1.54) is 114 Å². The van der Waals surface area contributed by atoms with Crippen molar-refractivity contribution >= 4 is 0 Å². The third-order valence-electron chi connectivity index (χ3n) is 9.21. The van der Waals surface area contributed by atoms with Crippen LogP contribution in [-0.4, -0.2) is 0 Å². The van der Waals surface area contributed by atoms with Crippen LogP contribution < -0.4 is 0 Å². The first-order valence-electron chi connectivity index (χ1n) is 13.3. The summed E-state index contributed by atoms with van der Waals surface area (Å²) < 4.78 is 0. The predicted octanol–water partition coefficient (Wildman–Crippen LogP) is 8.72. The van der Waals surface area contributed by atoms with Crippen LogP contribution in [0.25, 0.3) is 0 Å². The maximum absolute atomic E-state index is 3.80. The molecule has 0 atom stereocenters. The second-order valence-electron chi connectivity index (χ2n) is 11.1. The molecule has 0 radical (unpaired) electrons. The van der Waals surface area contributed by atoms with Crippen molar-refractivity contribution in [3.63, 3.8) is 0 Å². The van der Waals surface area contributed by atoms with Gasteiger partial charge in [0.15, 0.2) is 0 Å². The van der Waals surface area contributed by atoms with E-state index in [9.17, 15) is 0 Å². The highest BCUT2D eigenvalue weighted by Crippen LogP contribution is 2.62. The summed E-state index contributed by atoms with van der Waals surface area (Å²) in [5.74, 6) is 9.46. The van der Waals surface area contributed by atoms with Gasteiger partial charge in [-0.05, 0) is 99.2 Å². The van der Waals surface area contributed by atoms with Gasteiger partial charge in [-0.15, -0.1) is 0 Å². The largest absolute Gasteiger partial charge is 0.0911 e. The van der Waals surface area contributed by atoms with Gasteiger partial charge in [0.05, 0.1) is 0 Å². The molecule has 0 N–H and O–H groups in total. The highest BCUT2D eigenvalue weighted by molar-refractivity contribution is 5.38. The first-order valence-corrected chi connectivity index (χ1v) is 13.3. The topological polar surface area (TPSA) is 0 Å². The number of fused-ring (bicyclic) bond motifs is 3. The molecular formula is C30H44. The standard InChI is InChI=1S/C30H44/c1-3-5-6-8-26-9-11-27(12-10-26)17-18-29-19-22-30(23-20-29,24-21-29)28-15-13-25(7-4-2)14-16-28/h9-12,25,28H,3-8,13-16,19-24H2,1-2H3. The number of aryl methyl sites for hydroxylation is 1. The molecule has 1 aromatic rings. The summed E-state index contributed by atoms with van der Waals surface area (Å²) in [5.41, 5.74) is 3.73. The molecule has 0 nitrogen and oxygen atoms in total. The molecule has 2 bridgehead atoms. The Bertz CT molecular complexity index is 695. The second kappa shape index (κ2) is 9.94. The van der Waals surface area contributed by atoms with Gasteiger partial charge >= 0.3 is 0 Å². The molecule has 30 heavy (non-hydrogen) atoms. The average Bonchev–Trinajstić information content (AvgIpc) is 2.81. The van der Waals surface area contributed by atoms with Crippen LogP contribution in [-0.2, 0) is 6.42 Å². The highest BCUT2D eigenvalue weighted by Gasteiger charge is 2.51. The van der Waals surface area contributed by atoms with Crippen LogP contribution in [0, 0.1) is 34.5 Å². The van der Waals surface area contributed by atoms with Crippen LogP contribution in [0.15, 0.2) is 24.3 Å². The molecule has 0 spiro atoms. The summed E-state index contributed by atoms with van der Waals surface area (Å²) in [6.45, 7) is 4.63. The Hall–Kier alpha value is -1.22. The van der Waals surface area contributed by atoms with Gasteiger partial charge in [0, 0.05) is 11.0 Å². The SMILES string of the molecule is CCCCCc1ccc(C#CC23CCC(C4CCC(CCC)CC4)(CC2)CC3)cc1. The molecule has 4 fully saturated rings. The maximum atomic E-state index is 3.80. The van der Waals surface area contributed by atoms with Crippen LogP contribution in [0.1, 0.15) is 121 Å². The van der Waals surface area contributed by atoms with Crippen molar-refractivity contribution in [1.29, 1.82) is 0 Å². The third kappa shape index (κ3) is 4.98. The lowest BCUT2D eigenvalue weighted by Crippen LogP contribution is -2.45. The van der Waals surface area contributed by atoms with Crippen LogP contribution >= 0.6 is 0 Å². The van der Waals surface area contributed by atoms with Crippen molar-refractivity contribution in [2.75, 3.05) is 0 Å². The molecule has 0 amide bonds. The number of hydrogen-bond acceptors (Lipinski definition) is 0. The Labute approximate surface area is 186 Å². The Morgan fingerprint density at radius 3 is 2.07 bits per heavy atom. The molecule has 164 valence electrons. The van der Waals surface area contributed by atoms with Crippen LogP contribution in [0.5, 0.6) is 0 Å². The third-order valence-corrected chi connectivity index (χ3v) is 9.21. The van der Waals surface area contributed by atoms with E-state index in [1.54, 1.807) is 0 Å². The summed E-state index contributed by atoms with van der Waals surface area (Å²) in [7, 11) is 0. The van der Waals surface area contributed by atoms with E-state index in [-0.39, 0.29) is 0 Å². The molecule has 1 aromatic carbocycles. The lowest BCUT2D eigenvalue weighted by Gasteiger charge is -2.56. The molecule has 0 heteroatoms.